The molecule has 0 spiro atoms. The third kappa shape index (κ3) is 2.63. The van der Waals surface area contributed by atoms with Crippen molar-refractivity contribution in [3.8, 4) is 11.4 Å². The predicted octanol–water partition coefficient (Wildman–Crippen LogP) is 1.82. The van der Waals surface area contributed by atoms with Crippen LogP contribution in [0, 0.1) is 0 Å². The van der Waals surface area contributed by atoms with Crippen LogP contribution in [0.4, 0.5) is 0 Å². The van der Waals surface area contributed by atoms with Crippen LogP contribution in [0.1, 0.15) is 31.1 Å². The van der Waals surface area contributed by atoms with E-state index in [-0.39, 0.29) is 5.54 Å². The maximum atomic E-state index is 11.8. The van der Waals surface area contributed by atoms with Gasteiger partial charge in [-0.3, -0.25) is 4.79 Å². The molecule has 1 heterocycles. The molecule has 0 aliphatic carbocycles. The lowest BCUT2D eigenvalue weighted by Crippen LogP contribution is -2.23. The summed E-state index contributed by atoms with van der Waals surface area (Å²) in [6.07, 6.45) is 0. The Kier molecular flexibility index (Phi) is 3.51. The fraction of sp³-hybridized carbons (Fsp3) is 0.222. The van der Waals surface area contributed by atoms with Crippen molar-refractivity contribution in [1.82, 2.24) is 9.55 Å². The number of carbonyl (C=O) groups is 1. The highest BCUT2D eigenvalue weighted by Gasteiger charge is 2.24. The van der Waals surface area contributed by atoms with Crippen molar-refractivity contribution in [3.63, 3.8) is 0 Å². The minimum Gasteiger partial charge on any atom is -0.366 e. The molecule has 0 bridgehead atoms. The van der Waals surface area contributed by atoms with E-state index in [4.69, 9.17) is 10.7 Å². The number of amides is 1. The van der Waals surface area contributed by atoms with Crippen LogP contribution >= 0.6 is 0 Å². The second-order valence-corrected chi connectivity index (χ2v) is 6.84. The SMILES string of the molecule is Bc1ccc2c(c1)nc(-c1ccccc1C(N)=O)n2C(C)(C)C. The van der Waals surface area contributed by atoms with Crippen molar-refractivity contribution in [2.75, 3.05) is 0 Å². The van der Waals surface area contributed by atoms with Crippen molar-refractivity contribution in [3.05, 3.63) is 48.0 Å². The highest BCUT2D eigenvalue weighted by atomic mass is 16.1. The third-order valence-corrected chi connectivity index (χ3v) is 3.91. The normalized spacial score (nSPS) is 11.8. The molecule has 5 heteroatoms. The highest BCUT2D eigenvalue weighted by Crippen LogP contribution is 2.32. The molecule has 23 heavy (non-hydrogen) atoms. The minimum atomic E-state index is -0.440. The van der Waals surface area contributed by atoms with Gasteiger partial charge < -0.3 is 10.3 Å². The van der Waals surface area contributed by atoms with E-state index >= 15 is 0 Å². The number of benzene rings is 2. The molecule has 0 saturated carbocycles. The Hall–Kier alpha value is -2.56. The van der Waals surface area contributed by atoms with E-state index in [2.05, 4.69) is 43.5 Å². The average molecular weight is 305 g/mol. The summed E-state index contributed by atoms with van der Waals surface area (Å²) in [6, 6.07) is 13.6. The van der Waals surface area contributed by atoms with Crippen LogP contribution in [0.2, 0.25) is 0 Å². The minimum absolute atomic E-state index is 0.176. The molecule has 1 amide bonds. The molecule has 3 aromatic rings. The van der Waals surface area contributed by atoms with E-state index in [0.29, 0.717) is 5.56 Å². The van der Waals surface area contributed by atoms with Crippen LogP contribution in [0.3, 0.4) is 0 Å². The van der Waals surface area contributed by atoms with Crippen LogP contribution in [0.15, 0.2) is 42.5 Å². The zero-order valence-electron chi connectivity index (χ0n) is 13.9. The van der Waals surface area contributed by atoms with Gasteiger partial charge in [0.05, 0.1) is 16.6 Å². The summed E-state index contributed by atoms with van der Waals surface area (Å²) in [6.45, 7) is 6.39. The molecule has 3 rings (SSSR count). The second-order valence-electron chi connectivity index (χ2n) is 6.84. The molecule has 0 fully saturated rings. The molecule has 116 valence electrons. The summed E-state index contributed by atoms with van der Waals surface area (Å²) >= 11 is 0. The van der Waals surface area contributed by atoms with Gasteiger partial charge in [0.2, 0.25) is 5.91 Å². The standard InChI is InChI=1S/C18H20BN3O/c1-18(2,3)22-15-9-8-11(19)10-14(15)21-17(22)13-7-5-4-6-12(13)16(20)23/h4-10H,19H2,1-3H3,(H2,20,23). The average Bonchev–Trinajstić information content (AvgIpc) is 2.85. The Labute approximate surface area is 136 Å². The lowest BCUT2D eigenvalue weighted by Gasteiger charge is -2.25. The van der Waals surface area contributed by atoms with E-state index in [1.807, 2.05) is 26.0 Å². The van der Waals surface area contributed by atoms with Gasteiger partial charge in [-0.1, -0.05) is 29.7 Å². The number of nitrogens with zero attached hydrogens (tertiary/aromatic N) is 2. The first-order valence-electron chi connectivity index (χ1n) is 7.68. The number of rotatable bonds is 2. The number of primary amides is 1. The highest BCUT2D eigenvalue weighted by molar-refractivity contribution is 6.33. The van der Waals surface area contributed by atoms with Gasteiger partial charge in [-0.15, -0.1) is 0 Å². The Bertz CT molecular complexity index is 906. The summed E-state index contributed by atoms with van der Waals surface area (Å²) in [5.41, 5.74) is 9.77. The van der Waals surface area contributed by atoms with Gasteiger partial charge in [0.25, 0.3) is 0 Å². The molecule has 0 atom stereocenters. The van der Waals surface area contributed by atoms with Gasteiger partial charge in [-0.25, -0.2) is 4.98 Å². The lowest BCUT2D eigenvalue weighted by atomic mass is 9.96. The molecule has 0 aliphatic heterocycles. The molecular formula is C18H20BN3O. The number of hydrogen-bond acceptors (Lipinski definition) is 2. The molecule has 1 aromatic heterocycles. The first-order chi connectivity index (χ1) is 10.8. The summed E-state index contributed by atoms with van der Waals surface area (Å²) in [5.74, 6) is 0.330. The van der Waals surface area contributed by atoms with Gasteiger partial charge in [-0.2, -0.15) is 0 Å². The van der Waals surface area contributed by atoms with Crippen LogP contribution in [0.5, 0.6) is 0 Å². The molecule has 2 N–H and O–H groups in total. The topological polar surface area (TPSA) is 60.9 Å². The van der Waals surface area contributed by atoms with E-state index in [1.165, 1.54) is 0 Å². The fourth-order valence-electron chi connectivity index (χ4n) is 2.94. The van der Waals surface area contributed by atoms with Gasteiger partial charge in [-0.05, 0) is 39.0 Å². The predicted molar refractivity (Wildman–Crippen MR) is 96.9 cm³/mol. The molecule has 0 saturated heterocycles. The quantitative estimate of drug-likeness (QED) is 0.734. The van der Waals surface area contributed by atoms with Gasteiger partial charge in [0.15, 0.2) is 0 Å². The van der Waals surface area contributed by atoms with Gasteiger partial charge in [0, 0.05) is 11.1 Å². The van der Waals surface area contributed by atoms with E-state index in [0.717, 1.165) is 27.9 Å². The number of aromatic nitrogens is 2. The van der Waals surface area contributed by atoms with E-state index in [1.54, 1.807) is 6.07 Å². The molecule has 0 unspecified atom stereocenters. The Morgan fingerprint density at radius 2 is 1.87 bits per heavy atom. The number of imidazole rings is 1. The maximum Gasteiger partial charge on any atom is 0.249 e. The smallest absolute Gasteiger partial charge is 0.249 e. The molecule has 2 aromatic carbocycles. The second kappa shape index (κ2) is 5.27. The zero-order valence-corrected chi connectivity index (χ0v) is 13.9. The summed E-state index contributed by atoms with van der Waals surface area (Å²) < 4.78 is 2.17. The van der Waals surface area contributed by atoms with E-state index < -0.39 is 5.91 Å². The summed E-state index contributed by atoms with van der Waals surface area (Å²) in [7, 11) is 2.05. The zero-order chi connectivity index (χ0) is 16.8. The van der Waals surface area contributed by atoms with Gasteiger partial charge >= 0.3 is 0 Å². The lowest BCUT2D eigenvalue weighted by molar-refractivity contribution is 0.100. The monoisotopic (exact) mass is 305 g/mol. The number of nitrogens with two attached hydrogens (primary N) is 1. The van der Waals surface area contributed by atoms with Crippen LogP contribution in [0.25, 0.3) is 22.4 Å². The molecule has 0 aliphatic rings. The van der Waals surface area contributed by atoms with Crippen LogP contribution in [-0.4, -0.2) is 23.3 Å². The number of carbonyl (C=O) groups excluding carboxylic acids is 1. The Morgan fingerprint density at radius 3 is 2.52 bits per heavy atom. The first kappa shape index (κ1) is 15.3. The van der Waals surface area contributed by atoms with Crippen molar-refractivity contribution in [2.45, 2.75) is 26.3 Å². The van der Waals surface area contributed by atoms with Crippen molar-refractivity contribution >= 4 is 30.2 Å². The maximum absolute atomic E-state index is 11.8. The van der Waals surface area contributed by atoms with E-state index in [9.17, 15) is 4.79 Å². The first-order valence-corrected chi connectivity index (χ1v) is 7.68. The Morgan fingerprint density at radius 1 is 1.17 bits per heavy atom. The number of fused-ring (bicyclic) bond motifs is 1. The van der Waals surface area contributed by atoms with Crippen molar-refractivity contribution in [1.29, 1.82) is 0 Å². The number of hydrogen-bond donors (Lipinski definition) is 1. The molecule has 4 nitrogen and oxygen atoms in total. The summed E-state index contributed by atoms with van der Waals surface area (Å²) in [4.78, 5) is 16.6. The summed E-state index contributed by atoms with van der Waals surface area (Å²) in [5, 5.41) is 0. The molecular weight excluding hydrogens is 285 g/mol. The molecule has 0 radical (unpaired) electrons. The van der Waals surface area contributed by atoms with Crippen molar-refractivity contribution in [2.24, 2.45) is 5.73 Å². The Balaban J connectivity index is 2.40. The largest absolute Gasteiger partial charge is 0.366 e. The van der Waals surface area contributed by atoms with Crippen LogP contribution in [-0.2, 0) is 5.54 Å². The fourth-order valence-corrected chi connectivity index (χ4v) is 2.94. The van der Waals surface area contributed by atoms with Crippen LogP contribution < -0.4 is 11.2 Å². The van der Waals surface area contributed by atoms with Crippen molar-refractivity contribution < 1.29 is 4.79 Å². The third-order valence-electron chi connectivity index (χ3n) is 3.91. The van der Waals surface area contributed by atoms with Gasteiger partial charge in [0.1, 0.15) is 13.7 Å².